The number of esters is 1. The minimum absolute atomic E-state index is 0.235. The lowest BCUT2D eigenvalue weighted by molar-refractivity contribution is 0.0521. The Morgan fingerprint density at radius 2 is 1.45 bits per heavy atom. The number of carbonyl (C=O) groups is 1. The number of hydrogen-bond acceptors (Lipinski definition) is 5. The Bertz CT molecular complexity index is 1170. The van der Waals surface area contributed by atoms with Gasteiger partial charge in [-0.3, -0.25) is 0 Å². The normalized spacial score (nSPS) is 11.1. The first kappa shape index (κ1) is 18.5. The maximum atomic E-state index is 12.8. The van der Waals surface area contributed by atoms with E-state index in [0.717, 1.165) is 21.9 Å². The molecule has 0 atom stereocenters. The third-order valence-corrected chi connectivity index (χ3v) is 4.44. The van der Waals surface area contributed by atoms with Crippen molar-refractivity contribution in [1.82, 2.24) is 4.98 Å². The summed E-state index contributed by atoms with van der Waals surface area (Å²) in [5.41, 5.74) is 2.58. The van der Waals surface area contributed by atoms with Crippen LogP contribution < -0.4 is 0 Å². The quantitative estimate of drug-likeness (QED) is 0.293. The van der Waals surface area contributed by atoms with Crippen LogP contribution in [0, 0.1) is 0 Å². The average Bonchev–Trinajstić information content (AvgIpc) is 2.78. The van der Waals surface area contributed by atoms with Crippen LogP contribution in [0.3, 0.4) is 0 Å². The van der Waals surface area contributed by atoms with E-state index >= 15 is 0 Å². The molecule has 0 amide bonds. The van der Waals surface area contributed by atoms with Crippen molar-refractivity contribution in [2.45, 2.75) is 6.92 Å². The maximum absolute atomic E-state index is 12.8. The van der Waals surface area contributed by atoms with Crippen LogP contribution in [-0.4, -0.2) is 17.6 Å². The SMILES string of the molecule is CCOC(=O)c1nc(N=Nc2ccccc2)c2ccccc2c1-c1ccccc1. The molecule has 0 saturated heterocycles. The van der Waals surface area contributed by atoms with Crippen LogP contribution in [0.2, 0.25) is 0 Å². The number of carbonyl (C=O) groups excluding carboxylic acids is 1. The van der Waals surface area contributed by atoms with Gasteiger partial charge in [-0.15, -0.1) is 10.2 Å². The summed E-state index contributed by atoms with van der Waals surface area (Å²) in [4.78, 5) is 17.3. The monoisotopic (exact) mass is 381 g/mol. The van der Waals surface area contributed by atoms with Crippen molar-refractivity contribution in [3.63, 3.8) is 0 Å². The van der Waals surface area contributed by atoms with Gasteiger partial charge < -0.3 is 4.74 Å². The van der Waals surface area contributed by atoms with E-state index in [1.165, 1.54) is 0 Å². The molecule has 1 heterocycles. The molecule has 4 rings (SSSR count). The number of nitrogens with zero attached hydrogens (tertiary/aromatic N) is 3. The Balaban J connectivity index is 1.96. The molecule has 0 saturated carbocycles. The summed E-state index contributed by atoms with van der Waals surface area (Å²) < 4.78 is 5.28. The van der Waals surface area contributed by atoms with E-state index in [9.17, 15) is 4.79 Å². The molecule has 142 valence electrons. The number of azo groups is 1. The van der Waals surface area contributed by atoms with E-state index < -0.39 is 5.97 Å². The van der Waals surface area contributed by atoms with Gasteiger partial charge in [0, 0.05) is 10.9 Å². The summed E-state index contributed by atoms with van der Waals surface area (Å²) >= 11 is 0. The van der Waals surface area contributed by atoms with Crippen LogP contribution in [0.15, 0.2) is 95.2 Å². The standard InChI is InChI=1S/C24H19N3O2/c1-2-29-24(28)22-21(17-11-5-3-6-12-17)19-15-9-10-16-20(19)23(25-22)27-26-18-13-7-4-8-14-18/h3-16H,2H2,1H3. The van der Waals surface area contributed by atoms with Gasteiger partial charge >= 0.3 is 5.97 Å². The predicted octanol–water partition coefficient (Wildman–Crippen LogP) is 6.49. The van der Waals surface area contributed by atoms with Gasteiger partial charge in [0.2, 0.25) is 0 Å². The van der Waals surface area contributed by atoms with Gasteiger partial charge in [-0.2, -0.15) is 0 Å². The first-order chi connectivity index (χ1) is 14.3. The minimum atomic E-state index is -0.478. The smallest absolute Gasteiger partial charge is 0.357 e. The Kier molecular flexibility index (Phi) is 5.38. The third-order valence-electron chi connectivity index (χ3n) is 4.44. The van der Waals surface area contributed by atoms with Gasteiger partial charge in [-0.05, 0) is 30.0 Å². The first-order valence-corrected chi connectivity index (χ1v) is 9.40. The van der Waals surface area contributed by atoms with Gasteiger partial charge in [0.05, 0.1) is 12.3 Å². The van der Waals surface area contributed by atoms with Crippen molar-refractivity contribution < 1.29 is 9.53 Å². The highest BCUT2D eigenvalue weighted by Crippen LogP contribution is 2.36. The molecule has 0 N–H and O–H groups in total. The summed E-state index contributed by atoms with van der Waals surface area (Å²) in [7, 11) is 0. The topological polar surface area (TPSA) is 63.9 Å². The molecule has 0 spiro atoms. The fourth-order valence-electron chi connectivity index (χ4n) is 3.17. The van der Waals surface area contributed by atoms with Crippen LogP contribution in [0.25, 0.3) is 21.9 Å². The fourth-order valence-corrected chi connectivity index (χ4v) is 3.17. The molecule has 3 aromatic carbocycles. The summed E-state index contributed by atoms with van der Waals surface area (Å²) in [6.07, 6.45) is 0. The van der Waals surface area contributed by atoms with E-state index in [-0.39, 0.29) is 12.3 Å². The molecule has 0 unspecified atom stereocenters. The lowest BCUT2D eigenvalue weighted by atomic mass is 9.97. The van der Waals surface area contributed by atoms with Crippen LogP contribution in [0.1, 0.15) is 17.4 Å². The second kappa shape index (κ2) is 8.44. The van der Waals surface area contributed by atoms with Crippen molar-refractivity contribution in [3.8, 4) is 11.1 Å². The van der Waals surface area contributed by atoms with Crippen molar-refractivity contribution in [2.75, 3.05) is 6.61 Å². The zero-order valence-corrected chi connectivity index (χ0v) is 15.9. The number of fused-ring (bicyclic) bond motifs is 1. The lowest BCUT2D eigenvalue weighted by Gasteiger charge is -2.13. The molecule has 5 nitrogen and oxygen atoms in total. The molecule has 1 aromatic heterocycles. The number of hydrogen-bond donors (Lipinski definition) is 0. The van der Waals surface area contributed by atoms with Gasteiger partial charge in [-0.1, -0.05) is 72.8 Å². The highest BCUT2D eigenvalue weighted by Gasteiger charge is 2.21. The zero-order chi connectivity index (χ0) is 20.1. The van der Waals surface area contributed by atoms with Crippen molar-refractivity contribution >= 4 is 28.2 Å². The summed E-state index contributed by atoms with van der Waals surface area (Å²) in [5, 5.41) is 10.3. The third kappa shape index (κ3) is 3.89. The van der Waals surface area contributed by atoms with Crippen molar-refractivity contribution in [2.24, 2.45) is 10.2 Å². The molecule has 0 aliphatic heterocycles. The Morgan fingerprint density at radius 3 is 2.14 bits per heavy atom. The Labute approximate surface area is 168 Å². The summed E-state index contributed by atoms with van der Waals surface area (Å²) in [6, 6.07) is 26.9. The number of rotatable bonds is 5. The Morgan fingerprint density at radius 1 is 0.828 bits per heavy atom. The molecule has 0 fully saturated rings. The van der Waals surface area contributed by atoms with Crippen molar-refractivity contribution in [1.29, 1.82) is 0 Å². The average molecular weight is 381 g/mol. The second-order valence-corrected chi connectivity index (χ2v) is 6.33. The number of ether oxygens (including phenoxy) is 1. The molecular formula is C24H19N3O2. The van der Waals surface area contributed by atoms with Crippen molar-refractivity contribution in [3.05, 3.63) is 90.6 Å². The molecule has 0 bridgehead atoms. The predicted molar refractivity (Wildman–Crippen MR) is 114 cm³/mol. The number of benzene rings is 3. The number of pyridine rings is 1. The Hall–Kier alpha value is -3.86. The highest BCUT2D eigenvalue weighted by atomic mass is 16.5. The lowest BCUT2D eigenvalue weighted by Crippen LogP contribution is -2.09. The molecule has 0 aliphatic carbocycles. The zero-order valence-electron chi connectivity index (χ0n) is 15.9. The van der Waals surface area contributed by atoms with E-state index in [0.29, 0.717) is 11.5 Å². The van der Waals surface area contributed by atoms with Gasteiger partial charge in [-0.25, -0.2) is 9.78 Å². The fraction of sp³-hybridized carbons (Fsp3) is 0.0833. The van der Waals surface area contributed by atoms with E-state index in [2.05, 4.69) is 15.2 Å². The highest BCUT2D eigenvalue weighted by molar-refractivity contribution is 6.09. The summed E-state index contributed by atoms with van der Waals surface area (Å²) in [6.45, 7) is 2.04. The molecule has 0 radical (unpaired) electrons. The van der Waals surface area contributed by atoms with Gasteiger partial charge in [0.25, 0.3) is 0 Å². The second-order valence-electron chi connectivity index (χ2n) is 6.33. The molecule has 4 aromatic rings. The molecule has 5 heteroatoms. The van der Waals surface area contributed by atoms with E-state index in [4.69, 9.17) is 4.74 Å². The van der Waals surface area contributed by atoms with Crippen LogP contribution in [0.4, 0.5) is 11.5 Å². The summed E-state index contributed by atoms with van der Waals surface area (Å²) in [5.74, 6) is -0.0968. The van der Waals surface area contributed by atoms with E-state index in [1.807, 2.05) is 84.9 Å². The minimum Gasteiger partial charge on any atom is -0.461 e. The van der Waals surface area contributed by atoms with E-state index in [1.54, 1.807) is 6.92 Å². The van der Waals surface area contributed by atoms with Crippen LogP contribution in [0.5, 0.6) is 0 Å². The first-order valence-electron chi connectivity index (χ1n) is 9.40. The van der Waals surface area contributed by atoms with Gasteiger partial charge in [0.1, 0.15) is 0 Å². The maximum Gasteiger partial charge on any atom is 0.357 e. The molecule has 29 heavy (non-hydrogen) atoms. The van der Waals surface area contributed by atoms with Crippen LogP contribution >= 0.6 is 0 Å². The van der Waals surface area contributed by atoms with Gasteiger partial charge in [0.15, 0.2) is 11.5 Å². The molecule has 0 aliphatic rings. The van der Waals surface area contributed by atoms with Crippen LogP contribution in [-0.2, 0) is 4.74 Å². The molecular weight excluding hydrogens is 362 g/mol. The number of aromatic nitrogens is 1. The largest absolute Gasteiger partial charge is 0.461 e.